The average Bonchev–Trinajstić information content (AvgIpc) is 3.32. The highest BCUT2D eigenvalue weighted by Crippen LogP contribution is 2.18. The molecule has 66 heavy (non-hydrogen) atoms. The zero-order valence-corrected chi connectivity index (χ0v) is 44.7. The van der Waals surface area contributed by atoms with E-state index in [1.54, 1.807) is 6.08 Å². The first-order valence-corrected chi connectivity index (χ1v) is 30.0. The van der Waals surface area contributed by atoms with E-state index in [-0.39, 0.29) is 18.5 Å². The largest absolute Gasteiger partial charge is 0.466 e. The Balaban J connectivity index is 3.38. The second-order valence-electron chi connectivity index (χ2n) is 20.7. The highest BCUT2D eigenvalue weighted by atomic mass is 16.5. The number of allylic oxidation sites excluding steroid dienone is 1. The molecule has 0 heterocycles. The van der Waals surface area contributed by atoms with Gasteiger partial charge in [0, 0.05) is 12.8 Å². The summed E-state index contributed by atoms with van der Waals surface area (Å²) in [5.41, 5.74) is 0. The van der Waals surface area contributed by atoms with Gasteiger partial charge in [0.25, 0.3) is 0 Å². The van der Waals surface area contributed by atoms with Gasteiger partial charge >= 0.3 is 5.97 Å². The number of unbranched alkanes of at least 4 members (excludes halogenated alkanes) is 45. The third-order valence-electron chi connectivity index (χ3n) is 14.1. The summed E-state index contributed by atoms with van der Waals surface area (Å²) in [6.45, 7) is 4.92. The van der Waals surface area contributed by atoms with E-state index >= 15 is 0 Å². The van der Waals surface area contributed by atoms with E-state index in [1.165, 1.54) is 270 Å². The third-order valence-corrected chi connectivity index (χ3v) is 14.1. The lowest BCUT2D eigenvalue weighted by Crippen LogP contribution is -2.45. The van der Waals surface area contributed by atoms with Crippen molar-refractivity contribution in [1.29, 1.82) is 0 Å². The molecule has 0 rings (SSSR count). The number of aliphatic hydroxyl groups excluding tert-OH is 2. The third kappa shape index (κ3) is 52.0. The number of aliphatic hydroxyl groups is 2. The molecule has 0 bridgehead atoms. The predicted octanol–water partition coefficient (Wildman–Crippen LogP) is 18.5. The molecule has 0 saturated carbocycles. The highest BCUT2D eigenvalue weighted by Gasteiger charge is 2.18. The first-order valence-electron chi connectivity index (χ1n) is 30.0. The number of esters is 1. The van der Waals surface area contributed by atoms with Crippen LogP contribution in [0.15, 0.2) is 12.2 Å². The Morgan fingerprint density at radius 2 is 0.697 bits per heavy atom. The van der Waals surface area contributed by atoms with Crippen LogP contribution in [0.25, 0.3) is 0 Å². The molecular formula is C60H117NO5. The van der Waals surface area contributed by atoms with E-state index in [1.807, 2.05) is 6.08 Å². The molecule has 2 atom stereocenters. The van der Waals surface area contributed by atoms with Gasteiger partial charge in [-0.3, -0.25) is 9.59 Å². The lowest BCUT2D eigenvalue weighted by atomic mass is 10.0. The van der Waals surface area contributed by atoms with Gasteiger partial charge in [-0.2, -0.15) is 0 Å². The normalized spacial score (nSPS) is 12.6. The van der Waals surface area contributed by atoms with Crippen molar-refractivity contribution >= 4 is 11.9 Å². The SMILES string of the molecule is CCCCCCCCCCCCCC/C=C/C(O)C(CO)NC(=O)CCCCCCCCCCCCCCCCCCCCCCCCCCOC(=O)CCCCCCCCCCCCC. The van der Waals surface area contributed by atoms with Gasteiger partial charge in [0.2, 0.25) is 5.91 Å². The van der Waals surface area contributed by atoms with Crippen molar-refractivity contribution in [3.05, 3.63) is 12.2 Å². The average molecular weight is 933 g/mol. The lowest BCUT2D eigenvalue weighted by molar-refractivity contribution is -0.143. The molecule has 6 nitrogen and oxygen atoms in total. The van der Waals surface area contributed by atoms with Crippen LogP contribution in [0.5, 0.6) is 0 Å². The quantitative estimate of drug-likeness (QED) is 0.0321. The molecular weight excluding hydrogens is 815 g/mol. The van der Waals surface area contributed by atoms with Crippen LogP contribution in [0.1, 0.15) is 335 Å². The van der Waals surface area contributed by atoms with Gasteiger partial charge in [0.1, 0.15) is 0 Å². The Bertz CT molecular complexity index is 986. The van der Waals surface area contributed by atoms with Crippen molar-refractivity contribution in [3.8, 4) is 0 Å². The zero-order valence-electron chi connectivity index (χ0n) is 44.7. The molecule has 392 valence electrons. The van der Waals surface area contributed by atoms with Gasteiger partial charge in [0.05, 0.1) is 25.4 Å². The second-order valence-corrected chi connectivity index (χ2v) is 20.7. The summed E-state index contributed by atoms with van der Waals surface area (Å²) in [6, 6.07) is -0.625. The van der Waals surface area contributed by atoms with Gasteiger partial charge < -0.3 is 20.3 Å². The number of hydrogen-bond acceptors (Lipinski definition) is 5. The highest BCUT2D eigenvalue weighted by molar-refractivity contribution is 5.76. The van der Waals surface area contributed by atoms with Crippen LogP contribution < -0.4 is 5.32 Å². The lowest BCUT2D eigenvalue weighted by Gasteiger charge is -2.20. The maximum Gasteiger partial charge on any atom is 0.305 e. The summed E-state index contributed by atoms with van der Waals surface area (Å²) in [4.78, 5) is 24.4. The summed E-state index contributed by atoms with van der Waals surface area (Å²) in [7, 11) is 0. The molecule has 0 fully saturated rings. The minimum absolute atomic E-state index is 0.0150. The predicted molar refractivity (Wildman–Crippen MR) is 287 cm³/mol. The molecule has 1 amide bonds. The molecule has 6 heteroatoms. The van der Waals surface area contributed by atoms with Crippen LogP contribution in [0.3, 0.4) is 0 Å². The van der Waals surface area contributed by atoms with Crippen LogP contribution >= 0.6 is 0 Å². The number of hydrogen-bond donors (Lipinski definition) is 3. The van der Waals surface area contributed by atoms with Crippen molar-refractivity contribution in [2.24, 2.45) is 0 Å². The topological polar surface area (TPSA) is 95.9 Å². The smallest absolute Gasteiger partial charge is 0.305 e. The van der Waals surface area contributed by atoms with Crippen molar-refractivity contribution in [1.82, 2.24) is 5.32 Å². The second kappa shape index (κ2) is 56.2. The molecule has 0 aromatic heterocycles. The molecule has 0 radical (unpaired) electrons. The molecule has 3 N–H and O–H groups in total. The van der Waals surface area contributed by atoms with E-state index in [0.717, 1.165) is 38.5 Å². The Labute approximate surface area is 412 Å². The van der Waals surface area contributed by atoms with E-state index in [9.17, 15) is 19.8 Å². The van der Waals surface area contributed by atoms with E-state index in [0.29, 0.717) is 19.4 Å². The van der Waals surface area contributed by atoms with Gasteiger partial charge in [-0.25, -0.2) is 0 Å². The standard InChI is InChI=1S/C60H117NO5/c1-3-5-7-9-11-13-15-16-29-33-36-40-44-48-52-58(63)57(56-62)61-59(64)53-49-45-41-37-34-30-27-25-23-21-19-17-18-20-22-24-26-28-31-35-39-43-47-51-55-66-60(65)54-50-46-42-38-32-14-12-10-8-6-4-2/h48,52,57-58,62-63H,3-47,49-51,53-56H2,1-2H3,(H,61,64)/b52-48+. The van der Waals surface area contributed by atoms with Crippen molar-refractivity contribution in [2.45, 2.75) is 347 Å². The van der Waals surface area contributed by atoms with Gasteiger partial charge in [-0.15, -0.1) is 0 Å². The number of nitrogens with one attached hydrogen (secondary N) is 1. The van der Waals surface area contributed by atoms with E-state index in [4.69, 9.17) is 4.74 Å². The fourth-order valence-corrected chi connectivity index (χ4v) is 9.46. The first kappa shape index (κ1) is 64.6. The monoisotopic (exact) mass is 932 g/mol. The molecule has 0 aliphatic heterocycles. The van der Waals surface area contributed by atoms with Crippen LogP contribution in [0.4, 0.5) is 0 Å². The van der Waals surface area contributed by atoms with Crippen molar-refractivity contribution in [2.75, 3.05) is 13.2 Å². The Morgan fingerprint density at radius 1 is 0.409 bits per heavy atom. The zero-order chi connectivity index (χ0) is 47.9. The summed E-state index contributed by atoms with van der Waals surface area (Å²) in [5, 5.41) is 23.1. The van der Waals surface area contributed by atoms with Crippen LogP contribution in [0, 0.1) is 0 Å². The number of carbonyl (C=O) groups is 2. The maximum atomic E-state index is 12.4. The molecule has 2 unspecified atom stereocenters. The molecule has 0 aromatic rings. The fourth-order valence-electron chi connectivity index (χ4n) is 9.46. The number of rotatable bonds is 56. The van der Waals surface area contributed by atoms with Crippen LogP contribution in [-0.2, 0) is 14.3 Å². The minimum atomic E-state index is -0.842. The van der Waals surface area contributed by atoms with Gasteiger partial charge in [-0.1, -0.05) is 302 Å². The molecule has 0 aliphatic carbocycles. The van der Waals surface area contributed by atoms with Gasteiger partial charge in [0.15, 0.2) is 0 Å². The first-order chi connectivity index (χ1) is 32.5. The summed E-state index contributed by atoms with van der Waals surface area (Å²) < 4.78 is 5.47. The summed E-state index contributed by atoms with van der Waals surface area (Å²) in [5.74, 6) is -0.0501. The molecule has 0 aliphatic rings. The Morgan fingerprint density at radius 3 is 1.03 bits per heavy atom. The Hall–Kier alpha value is -1.40. The van der Waals surface area contributed by atoms with Crippen LogP contribution in [0.2, 0.25) is 0 Å². The maximum absolute atomic E-state index is 12.4. The molecule has 0 spiro atoms. The molecule has 0 saturated heterocycles. The fraction of sp³-hybridized carbons (Fsp3) is 0.933. The van der Waals surface area contributed by atoms with Crippen molar-refractivity contribution in [3.63, 3.8) is 0 Å². The van der Waals surface area contributed by atoms with Gasteiger partial charge in [-0.05, 0) is 32.1 Å². The minimum Gasteiger partial charge on any atom is -0.466 e. The molecule has 0 aromatic carbocycles. The van der Waals surface area contributed by atoms with Crippen LogP contribution in [-0.4, -0.2) is 47.4 Å². The van der Waals surface area contributed by atoms with E-state index < -0.39 is 12.1 Å². The summed E-state index contributed by atoms with van der Waals surface area (Å²) in [6.07, 6.45) is 66.8. The summed E-state index contributed by atoms with van der Waals surface area (Å²) >= 11 is 0. The van der Waals surface area contributed by atoms with Crippen molar-refractivity contribution < 1.29 is 24.5 Å². The number of ether oxygens (including phenoxy) is 1. The number of carbonyl (C=O) groups excluding carboxylic acids is 2. The number of amides is 1. The Kier molecular flexibility index (Phi) is 55.0. The van der Waals surface area contributed by atoms with E-state index in [2.05, 4.69) is 19.2 Å².